The Balaban J connectivity index is 1.83. The van der Waals surface area contributed by atoms with Crippen LogP contribution in [-0.2, 0) is 9.59 Å². The molecule has 0 saturated heterocycles. The number of alkyl halides is 2. The first-order valence-corrected chi connectivity index (χ1v) is 9.57. The highest BCUT2D eigenvalue weighted by Gasteiger charge is 2.30. The van der Waals surface area contributed by atoms with Crippen molar-refractivity contribution in [1.82, 2.24) is 19.9 Å². The van der Waals surface area contributed by atoms with Crippen LogP contribution in [0.3, 0.4) is 0 Å². The molecule has 2 heterocycles. The van der Waals surface area contributed by atoms with Crippen LogP contribution in [0.15, 0.2) is 24.7 Å². The SMILES string of the molecule is CN(C)C(=O)C(CC(F)F)Nc1cc(-c2cnc(NC(=O)C3CC3)cn2)cnc1C#N. The summed E-state index contributed by atoms with van der Waals surface area (Å²) < 4.78 is 26.0. The molecular weight excluding hydrogens is 408 g/mol. The second kappa shape index (κ2) is 9.42. The van der Waals surface area contributed by atoms with Crippen LogP contribution in [0.5, 0.6) is 0 Å². The van der Waals surface area contributed by atoms with Gasteiger partial charge in [0.15, 0.2) is 11.5 Å². The molecule has 31 heavy (non-hydrogen) atoms. The Hall–Kier alpha value is -3.68. The summed E-state index contributed by atoms with van der Waals surface area (Å²) in [7, 11) is 2.92. The van der Waals surface area contributed by atoms with Gasteiger partial charge in [-0.05, 0) is 18.9 Å². The fourth-order valence-corrected chi connectivity index (χ4v) is 2.82. The van der Waals surface area contributed by atoms with Crippen LogP contribution in [0.1, 0.15) is 25.0 Å². The third kappa shape index (κ3) is 5.69. The number of anilines is 2. The van der Waals surface area contributed by atoms with Crippen LogP contribution in [0.4, 0.5) is 20.3 Å². The number of halogens is 2. The standard InChI is InChI=1S/C20H21F2N7O2/c1-29(2)20(31)14(6-17(21)22)27-13-5-12(8-24-15(13)7-23)16-9-26-18(10-25-16)28-19(30)11-3-4-11/h5,8-11,14,17,27H,3-4,6H2,1-2H3,(H,26,28,30). The van der Waals surface area contributed by atoms with E-state index in [2.05, 4.69) is 25.6 Å². The molecule has 2 aromatic rings. The minimum Gasteiger partial charge on any atom is -0.371 e. The molecule has 2 N–H and O–H groups in total. The van der Waals surface area contributed by atoms with Crippen LogP contribution in [-0.4, -0.2) is 58.2 Å². The molecule has 1 saturated carbocycles. The lowest BCUT2D eigenvalue weighted by Gasteiger charge is -2.23. The Bertz CT molecular complexity index is 1000. The summed E-state index contributed by atoms with van der Waals surface area (Å²) in [5.41, 5.74) is 0.945. The third-order valence-electron chi connectivity index (χ3n) is 4.62. The van der Waals surface area contributed by atoms with Gasteiger partial charge in [0.1, 0.15) is 12.1 Å². The molecule has 0 spiro atoms. The number of rotatable bonds is 8. The van der Waals surface area contributed by atoms with E-state index in [4.69, 9.17) is 0 Å². The number of nitriles is 1. The zero-order chi connectivity index (χ0) is 22.5. The molecule has 3 rings (SSSR count). The van der Waals surface area contributed by atoms with Gasteiger partial charge in [-0.15, -0.1) is 0 Å². The second-order valence-electron chi connectivity index (χ2n) is 7.34. The number of amides is 2. The van der Waals surface area contributed by atoms with Crippen molar-refractivity contribution >= 4 is 23.3 Å². The first-order chi connectivity index (χ1) is 14.8. The van der Waals surface area contributed by atoms with Crippen molar-refractivity contribution in [2.45, 2.75) is 31.7 Å². The van der Waals surface area contributed by atoms with Gasteiger partial charge in [-0.1, -0.05) is 0 Å². The highest BCUT2D eigenvalue weighted by molar-refractivity contribution is 5.93. The molecule has 162 valence electrons. The summed E-state index contributed by atoms with van der Waals surface area (Å²) >= 11 is 0. The van der Waals surface area contributed by atoms with Crippen molar-refractivity contribution in [3.8, 4) is 17.3 Å². The third-order valence-corrected chi connectivity index (χ3v) is 4.62. The minimum absolute atomic E-state index is 0.0314. The van der Waals surface area contributed by atoms with Gasteiger partial charge in [-0.3, -0.25) is 14.6 Å². The van der Waals surface area contributed by atoms with E-state index in [1.54, 1.807) is 0 Å². The predicted molar refractivity (Wildman–Crippen MR) is 108 cm³/mol. The largest absolute Gasteiger partial charge is 0.371 e. The molecule has 1 fully saturated rings. The maximum Gasteiger partial charge on any atom is 0.244 e. The molecule has 0 bridgehead atoms. The van der Waals surface area contributed by atoms with Crippen LogP contribution in [0.25, 0.3) is 11.3 Å². The summed E-state index contributed by atoms with van der Waals surface area (Å²) in [6.07, 6.45) is 2.52. The lowest BCUT2D eigenvalue weighted by atomic mass is 10.1. The highest BCUT2D eigenvalue weighted by atomic mass is 19.3. The molecule has 2 amide bonds. The van der Waals surface area contributed by atoms with Crippen molar-refractivity contribution in [3.05, 3.63) is 30.4 Å². The smallest absolute Gasteiger partial charge is 0.244 e. The second-order valence-corrected chi connectivity index (χ2v) is 7.34. The maximum atomic E-state index is 13.0. The summed E-state index contributed by atoms with van der Waals surface area (Å²) in [6.45, 7) is 0. The molecule has 1 aliphatic rings. The first-order valence-electron chi connectivity index (χ1n) is 9.57. The van der Waals surface area contributed by atoms with Crippen LogP contribution >= 0.6 is 0 Å². The fraction of sp³-hybridized carbons (Fsp3) is 0.400. The number of carbonyl (C=O) groups is 2. The number of pyridine rings is 1. The van der Waals surface area contributed by atoms with E-state index in [-0.39, 0.29) is 23.2 Å². The zero-order valence-corrected chi connectivity index (χ0v) is 17.0. The Morgan fingerprint density at radius 1 is 1.23 bits per heavy atom. The number of likely N-dealkylation sites (N-methyl/N-ethyl adjacent to an activating group) is 1. The van der Waals surface area contributed by atoms with Crippen LogP contribution in [0.2, 0.25) is 0 Å². The van der Waals surface area contributed by atoms with Gasteiger partial charge < -0.3 is 15.5 Å². The molecule has 1 aliphatic carbocycles. The Labute approximate surface area is 177 Å². The van der Waals surface area contributed by atoms with E-state index in [1.807, 2.05) is 6.07 Å². The first kappa shape index (κ1) is 22.0. The van der Waals surface area contributed by atoms with Crippen molar-refractivity contribution in [3.63, 3.8) is 0 Å². The lowest BCUT2D eigenvalue weighted by molar-refractivity contribution is -0.130. The van der Waals surface area contributed by atoms with E-state index in [1.165, 1.54) is 43.7 Å². The zero-order valence-electron chi connectivity index (χ0n) is 17.0. The molecule has 11 heteroatoms. The lowest BCUT2D eigenvalue weighted by Crippen LogP contribution is -2.40. The van der Waals surface area contributed by atoms with Gasteiger partial charge in [0.05, 0.1) is 23.8 Å². The highest BCUT2D eigenvalue weighted by Crippen LogP contribution is 2.30. The normalized spacial score (nSPS) is 13.9. The van der Waals surface area contributed by atoms with Crippen molar-refractivity contribution in [2.24, 2.45) is 5.92 Å². The number of hydrogen-bond acceptors (Lipinski definition) is 7. The summed E-state index contributed by atoms with van der Waals surface area (Å²) in [5.74, 6) is -0.299. The number of nitrogens with zero attached hydrogens (tertiary/aromatic N) is 5. The van der Waals surface area contributed by atoms with Gasteiger partial charge in [0.25, 0.3) is 0 Å². The number of aromatic nitrogens is 3. The van der Waals surface area contributed by atoms with E-state index in [0.29, 0.717) is 17.1 Å². The van der Waals surface area contributed by atoms with Crippen LogP contribution < -0.4 is 10.6 Å². The monoisotopic (exact) mass is 429 g/mol. The van der Waals surface area contributed by atoms with Gasteiger partial charge in [-0.25, -0.2) is 18.7 Å². The fourth-order valence-electron chi connectivity index (χ4n) is 2.82. The van der Waals surface area contributed by atoms with Crippen molar-refractivity contribution in [2.75, 3.05) is 24.7 Å². The maximum absolute atomic E-state index is 13.0. The number of hydrogen-bond donors (Lipinski definition) is 2. The molecule has 1 unspecified atom stereocenters. The Kier molecular flexibility index (Phi) is 6.69. The molecule has 0 radical (unpaired) electrons. The summed E-state index contributed by atoms with van der Waals surface area (Å²) in [4.78, 5) is 37.7. The van der Waals surface area contributed by atoms with E-state index in [0.717, 1.165) is 12.8 Å². The molecule has 2 aromatic heterocycles. The molecule has 0 aromatic carbocycles. The predicted octanol–water partition coefficient (Wildman–Crippen LogP) is 2.28. The number of carbonyl (C=O) groups excluding carboxylic acids is 2. The van der Waals surface area contributed by atoms with Crippen molar-refractivity contribution in [1.29, 1.82) is 5.26 Å². The average molecular weight is 429 g/mol. The molecular formula is C20H21F2N7O2. The van der Waals surface area contributed by atoms with Crippen LogP contribution in [0, 0.1) is 17.2 Å². The van der Waals surface area contributed by atoms with E-state index in [9.17, 15) is 23.6 Å². The Morgan fingerprint density at radius 2 is 1.97 bits per heavy atom. The number of nitrogens with one attached hydrogen (secondary N) is 2. The van der Waals surface area contributed by atoms with Gasteiger partial charge in [-0.2, -0.15) is 5.26 Å². The van der Waals surface area contributed by atoms with E-state index >= 15 is 0 Å². The van der Waals surface area contributed by atoms with Gasteiger partial charge in [0.2, 0.25) is 18.2 Å². The topological polar surface area (TPSA) is 124 Å². The average Bonchev–Trinajstić information content (AvgIpc) is 3.58. The van der Waals surface area contributed by atoms with E-state index < -0.39 is 24.8 Å². The van der Waals surface area contributed by atoms with Gasteiger partial charge in [0, 0.05) is 38.2 Å². The summed E-state index contributed by atoms with van der Waals surface area (Å²) in [5, 5.41) is 14.7. The molecule has 9 nitrogen and oxygen atoms in total. The summed E-state index contributed by atoms with van der Waals surface area (Å²) in [6, 6.07) is 2.15. The van der Waals surface area contributed by atoms with Gasteiger partial charge >= 0.3 is 0 Å². The van der Waals surface area contributed by atoms with Crippen molar-refractivity contribution < 1.29 is 18.4 Å². The minimum atomic E-state index is -2.72. The quantitative estimate of drug-likeness (QED) is 0.660. The Morgan fingerprint density at radius 3 is 2.52 bits per heavy atom. The molecule has 0 aliphatic heterocycles. The molecule has 1 atom stereocenters.